The minimum atomic E-state index is 0.0331. The van der Waals surface area contributed by atoms with Crippen LogP contribution in [-0.2, 0) is 16.2 Å². The third-order valence-electron chi connectivity index (χ3n) is 15.3. The Morgan fingerprint density at radius 3 is 2.01 bits per heavy atom. The van der Waals surface area contributed by atoms with E-state index in [0.717, 1.165) is 63.1 Å². The quantitative estimate of drug-likeness (QED) is 0.175. The average molecular weight is 884 g/mol. The van der Waals surface area contributed by atoms with Crippen LogP contribution in [-0.4, -0.2) is 11.8 Å². The van der Waals surface area contributed by atoms with Crippen LogP contribution in [0.3, 0.4) is 0 Å². The van der Waals surface area contributed by atoms with E-state index < -0.39 is 0 Å². The summed E-state index contributed by atoms with van der Waals surface area (Å²) in [6.45, 7) is 16.6. The predicted molar refractivity (Wildman–Crippen MR) is 288 cm³/mol. The van der Waals surface area contributed by atoms with Gasteiger partial charge in [-0.3, -0.25) is 0 Å². The molecule has 11 aromatic rings. The molecule has 3 aromatic heterocycles. The number of fused-ring (bicyclic) bond motifs is 10. The fraction of sp³-hybridized carbons (Fsp3) is 0.194. The Morgan fingerprint density at radius 2 is 1.28 bits per heavy atom. The maximum Gasteiger partial charge on any atom is 0.198 e. The van der Waals surface area contributed by atoms with Crippen molar-refractivity contribution in [3.63, 3.8) is 0 Å². The number of furan rings is 1. The van der Waals surface area contributed by atoms with Crippen LogP contribution >= 0.6 is 11.3 Å². The smallest absolute Gasteiger partial charge is 0.198 e. The van der Waals surface area contributed by atoms with Crippen LogP contribution in [0.5, 0.6) is 0 Å². The van der Waals surface area contributed by atoms with Gasteiger partial charge in [-0.1, -0.05) is 157 Å². The van der Waals surface area contributed by atoms with Crippen LogP contribution in [0.15, 0.2) is 162 Å². The predicted octanol–water partition coefficient (Wildman–Crippen LogP) is 16.3. The molecule has 8 aromatic carbocycles. The zero-order valence-corrected chi connectivity index (χ0v) is 40.1. The monoisotopic (exact) mass is 883 g/mol. The Bertz CT molecular complexity index is 3820. The van der Waals surface area contributed by atoms with Gasteiger partial charge in [-0.15, -0.1) is 11.3 Å². The van der Waals surface area contributed by atoms with Crippen molar-refractivity contribution < 1.29 is 4.42 Å². The van der Waals surface area contributed by atoms with Crippen molar-refractivity contribution in [2.24, 2.45) is 0 Å². The number of thiophene rings is 1. The molecule has 67 heavy (non-hydrogen) atoms. The molecule has 5 heteroatoms. The number of hydrogen-bond acceptors (Lipinski definition) is 3. The number of rotatable bonds is 5. The second kappa shape index (κ2) is 14.3. The Hall–Kier alpha value is -6.82. The lowest BCUT2D eigenvalue weighted by atomic mass is 9.58. The van der Waals surface area contributed by atoms with Gasteiger partial charge in [-0.2, -0.15) is 0 Å². The molecule has 0 spiro atoms. The van der Waals surface area contributed by atoms with E-state index in [0.29, 0.717) is 0 Å². The highest BCUT2D eigenvalue weighted by Crippen LogP contribution is 2.50. The van der Waals surface area contributed by atoms with Crippen molar-refractivity contribution >= 4 is 93.9 Å². The summed E-state index contributed by atoms with van der Waals surface area (Å²) in [5, 5.41) is 10.3. The van der Waals surface area contributed by atoms with Crippen LogP contribution < -0.4 is 16.2 Å². The lowest BCUT2D eigenvalue weighted by Crippen LogP contribution is -2.37. The average Bonchev–Trinajstić information content (AvgIpc) is 3.99. The van der Waals surface area contributed by atoms with Gasteiger partial charge in [0.25, 0.3) is 0 Å². The van der Waals surface area contributed by atoms with Crippen LogP contribution in [0.4, 0.5) is 11.4 Å². The molecule has 13 rings (SSSR count). The maximum absolute atomic E-state index is 7.02. The summed E-state index contributed by atoms with van der Waals surface area (Å²) in [5.74, 6) is 0.891. The van der Waals surface area contributed by atoms with Gasteiger partial charge in [-0.25, -0.2) is 0 Å². The first-order chi connectivity index (χ1) is 32.3. The van der Waals surface area contributed by atoms with E-state index in [1.807, 2.05) is 11.3 Å². The van der Waals surface area contributed by atoms with Crippen molar-refractivity contribution in [3.05, 3.63) is 174 Å². The van der Waals surface area contributed by atoms with E-state index in [1.165, 1.54) is 80.9 Å². The highest BCUT2D eigenvalue weighted by Gasteiger charge is 2.39. The highest BCUT2D eigenvalue weighted by atomic mass is 32.1. The number of benzene rings is 8. The van der Waals surface area contributed by atoms with Crippen molar-refractivity contribution in [1.82, 2.24) is 4.57 Å². The summed E-state index contributed by atoms with van der Waals surface area (Å²) in [4.78, 5) is 0. The molecule has 1 aliphatic carbocycles. The Balaban J connectivity index is 1.11. The second-order valence-corrected chi connectivity index (χ2v) is 22.6. The first kappa shape index (κ1) is 40.5. The third kappa shape index (κ3) is 6.24. The van der Waals surface area contributed by atoms with Gasteiger partial charge in [0.15, 0.2) is 7.28 Å². The van der Waals surface area contributed by atoms with Gasteiger partial charge in [0, 0.05) is 75.6 Å². The minimum Gasteiger partial charge on any atom is -0.455 e. The second-order valence-electron chi connectivity index (χ2n) is 21.5. The summed E-state index contributed by atoms with van der Waals surface area (Å²) >= 11 is 1.89. The summed E-state index contributed by atoms with van der Waals surface area (Å²) in [7, 11) is 2.45. The normalized spacial score (nSPS) is 15.0. The van der Waals surface area contributed by atoms with Crippen molar-refractivity contribution in [2.45, 2.75) is 77.6 Å². The topological polar surface area (TPSA) is 30.1 Å². The standard InChI is InChI=1S/C62H52BN2OS/c1-60(2,3)38-22-24-39(25-23-38)64-50-33-48-47(61(4,5)28-29-62(48,6)7)31-43(50)41-26-27-42-44-30-45-40-20-14-15-21-54(40)67-55(45)35-51(44)65-52-32-46-53(34-49(52)63-57(41)58(42)65)66-59(37-18-12-9-13-19-37)56(46)36-16-10-8-11-17-36/h8-27,30-35,64H,28-29H2,1-7H3. The molecule has 0 atom stereocenters. The summed E-state index contributed by atoms with van der Waals surface area (Å²) in [5.41, 5.74) is 19.3. The molecule has 1 radical (unpaired) electrons. The van der Waals surface area contributed by atoms with Gasteiger partial charge < -0.3 is 14.3 Å². The van der Waals surface area contributed by atoms with Gasteiger partial charge in [0.05, 0.1) is 5.52 Å². The Labute approximate surface area is 397 Å². The number of nitrogens with zero attached hydrogens (tertiary/aromatic N) is 1. The highest BCUT2D eigenvalue weighted by molar-refractivity contribution is 7.25. The molecule has 0 fully saturated rings. The molecule has 1 N–H and O–H groups in total. The molecule has 0 bridgehead atoms. The van der Waals surface area contributed by atoms with Crippen LogP contribution in [0.25, 0.3) is 92.2 Å². The SMILES string of the molecule is CC(C)(C)c1ccc(Nc2cc3c(cc2-c2ccc4c5cc6c(cc5n5c4c2[B]c2cc4oc(-c7ccccc7)c(-c7ccccc7)c4cc2-5)sc2ccccc26)C(C)(C)CCC3(C)C)cc1. The Kier molecular flexibility index (Phi) is 8.66. The van der Waals surface area contributed by atoms with Gasteiger partial charge in [-0.05, 0) is 117 Å². The summed E-state index contributed by atoms with van der Waals surface area (Å²) in [6.07, 6.45) is 2.30. The van der Waals surface area contributed by atoms with E-state index in [9.17, 15) is 0 Å². The van der Waals surface area contributed by atoms with E-state index in [2.05, 4.69) is 223 Å². The zero-order chi connectivity index (χ0) is 45.6. The summed E-state index contributed by atoms with van der Waals surface area (Å²) in [6, 6.07) is 58.7. The molecule has 3 nitrogen and oxygen atoms in total. The van der Waals surface area contributed by atoms with Crippen LogP contribution in [0.2, 0.25) is 0 Å². The first-order valence-electron chi connectivity index (χ1n) is 23.9. The largest absolute Gasteiger partial charge is 0.455 e. The molecule has 0 unspecified atom stereocenters. The molecule has 325 valence electrons. The number of anilines is 2. The molecule has 0 amide bonds. The molecule has 1 aliphatic heterocycles. The van der Waals surface area contributed by atoms with Gasteiger partial charge in [0.1, 0.15) is 11.3 Å². The van der Waals surface area contributed by atoms with E-state index in [1.54, 1.807) is 0 Å². The van der Waals surface area contributed by atoms with Crippen LogP contribution in [0.1, 0.15) is 78.0 Å². The van der Waals surface area contributed by atoms with Crippen molar-refractivity contribution in [1.29, 1.82) is 0 Å². The molecule has 4 heterocycles. The maximum atomic E-state index is 7.02. The molecular formula is C62H52BN2OS. The molecule has 2 aliphatic rings. The van der Waals surface area contributed by atoms with Crippen LogP contribution in [0, 0.1) is 0 Å². The fourth-order valence-corrected chi connectivity index (χ4v) is 12.5. The van der Waals surface area contributed by atoms with E-state index >= 15 is 0 Å². The van der Waals surface area contributed by atoms with E-state index in [4.69, 9.17) is 4.42 Å². The Morgan fingerprint density at radius 1 is 0.597 bits per heavy atom. The third-order valence-corrected chi connectivity index (χ3v) is 16.4. The fourth-order valence-electron chi connectivity index (χ4n) is 11.4. The van der Waals surface area contributed by atoms with Crippen molar-refractivity contribution in [3.8, 4) is 39.3 Å². The minimum absolute atomic E-state index is 0.0331. The first-order valence-corrected chi connectivity index (χ1v) is 24.7. The number of aromatic nitrogens is 1. The number of nitrogens with one attached hydrogen (secondary N) is 1. The van der Waals surface area contributed by atoms with Gasteiger partial charge >= 0.3 is 0 Å². The summed E-state index contributed by atoms with van der Waals surface area (Å²) < 4.78 is 12.2. The molecular weight excluding hydrogens is 832 g/mol. The lowest BCUT2D eigenvalue weighted by molar-refractivity contribution is 0.332. The molecule has 0 saturated heterocycles. The zero-order valence-electron chi connectivity index (χ0n) is 39.3. The number of hydrogen-bond donors (Lipinski definition) is 1. The molecule has 0 saturated carbocycles. The van der Waals surface area contributed by atoms with E-state index in [-0.39, 0.29) is 16.2 Å². The lowest BCUT2D eigenvalue weighted by Gasteiger charge is -2.42. The van der Waals surface area contributed by atoms with Crippen molar-refractivity contribution in [2.75, 3.05) is 5.32 Å². The van der Waals surface area contributed by atoms with Gasteiger partial charge in [0.2, 0.25) is 0 Å².